The first-order valence-electron chi connectivity index (χ1n) is 9.42. The summed E-state index contributed by atoms with van der Waals surface area (Å²) in [6.07, 6.45) is 5.00. The molecule has 1 aromatic heterocycles. The minimum absolute atomic E-state index is 0.181. The maximum atomic E-state index is 11.9. The number of benzene rings is 1. The summed E-state index contributed by atoms with van der Waals surface area (Å²) in [5.74, 6) is 1.84. The lowest BCUT2D eigenvalue weighted by Gasteiger charge is -2.32. The molecule has 0 saturated carbocycles. The fourth-order valence-electron chi connectivity index (χ4n) is 3.14. The summed E-state index contributed by atoms with van der Waals surface area (Å²) < 4.78 is 5.54. The van der Waals surface area contributed by atoms with Crippen LogP contribution in [0.25, 0.3) is 0 Å². The van der Waals surface area contributed by atoms with Gasteiger partial charge in [0.2, 0.25) is 0 Å². The lowest BCUT2D eigenvalue weighted by molar-refractivity contribution is 0.233. The Morgan fingerprint density at radius 2 is 1.93 bits per heavy atom. The molecule has 2 aromatic rings. The second kappa shape index (κ2) is 10.1. The maximum Gasteiger partial charge on any atom is 0.314 e. The Morgan fingerprint density at radius 1 is 1.18 bits per heavy atom. The molecule has 1 fully saturated rings. The highest BCUT2D eigenvalue weighted by Crippen LogP contribution is 2.22. The number of hydrogen-bond donors (Lipinski definition) is 2. The molecule has 1 aliphatic rings. The molecule has 2 N–H and O–H groups in total. The zero-order valence-corrected chi connectivity index (χ0v) is 15.7. The molecule has 28 heavy (non-hydrogen) atoms. The number of piperidine rings is 1. The van der Waals surface area contributed by atoms with E-state index in [-0.39, 0.29) is 6.03 Å². The minimum atomic E-state index is -0.181. The van der Waals surface area contributed by atoms with Crippen LogP contribution >= 0.6 is 0 Å². The molecule has 2 heterocycles. The van der Waals surface area contributed by atoms with E-state index in [0.29, 0.717) is 37.1 Å². The summed E-state index contributed by atoms with van der Waals surface area (Å²) in [6, 6.07) is 11.4. The number of carbonyl (C=O) groups excluding carboxylic acids is 1. The molecule has 0 unspecified atom stereocenters. The summed E-state index contributed by atoms with van der Waals surface area (Å²) in [7, 11) is 0. The van der Waals surface area contributed by atoms with Crippen molar-refractivity contribution in [2.75, 3.05) is 37.7 Å². The van der Waals surface area contributed by atoms with E-state index in [9.17, 15) is 4.79 Å². The predicted octanol–water partition coefficient (Wildman–Crippen LogP) is 1.94. The quantitative estimate of drug-likeness (QED) is 0.712. The fraction of sp³-hybridized carbons (Fsp3) is 0.400. The highest BCUT2D eigenvalue weighted by molar-refractivity contribution is 5.73. The molecule has 8 nitrogen and oxygen atoms in total. The highest BCUT2D eigenvalue weighted by atomic mass is 16.5. The van der Waals surface area contributed by atoms with E-state index in [0.717, 1.165) is 31.7 Å². The standard InChI is InChI=1S/C20H24N6O2/c21-14-18-19(23-9-8-22-18)26-11-6-16(7-12-26)15-25-20(27)24-10-13-28-17-4-2-1-3-5-17/h1-5,8-9,16H,6-7,10-13,15H2,(H2,24,25,27). The van der Waals surface area contributed by atoms with Crippen LogP contribution in [-0.4, -0.2) is 48.8 Å². The summed E-state index contributed by atoms with van der Waals surface area (Å²) in [5.41, 5.74) is 0.358. The van der Waals surface area contributed by atoms with Gasteiger partial charge >= 0.3 is 6.03 Å². The van der Waals surface area contributed by atoms with Crippen LogP contribution in [0.15, 0.2) is 42.7 Å². The first kappa shape index (κ1) is 19.4. The Kier molecular flexibility index (Phi) is 7.01. The number of anilines is 1. The van der Waals surface area contributed by atoms with Crippen molar-refractivity contribution in [3.8, 4) is 11.8 Å². The van der Waals surface area contributed by atoms with E-state index >= 15 is 0 Å². The average Bonchev–Trinajstić information content (AvgIpc) is 2.76. The third-order valence-corrected chi connectivity index (χ3v) is 4.65. The molecule has 0 aliphatic carbocycles. The highest BCUT2D eigenvalue weighted by Gasteiger charge is 2.22. The van der Waals surface area contributed by atoms with Crippen LogP contribution < -0.4 is 20.3 Å². The van der Waals surface area contributed by atoms with Crippen LogP contribution in [0.5, 0.6) is 5.75 Å². The van der Waals surface area contributed by atoms with E-state index in [1.807, 2.05) is 30.3 Å². The van der Waals surface area contributed by atoms with Gasteiger partial charge in [-0.2, -0.15) is 5.26 Å². The predicted molar refractivity (Wildman–Crippen MR) is 105 cm³/mol. The zero-order chi connectivity index (χ0) is 19.6. The van der Waals surface area contributed by atoms with Crippen LogP contribution in [0.1, 0.15) is 18.5 Å². The van der Waals surface area contributed by atoms with Crippen molar-refractivity contribution in [1.29, 1.82) is 5.26 Å². The lowest BCUT2D eigenvalue weighted by Crippen LogP contribution is -2.43. The topological polar surface area (TPSA) is 103 Å². The van der Waals surface area contributed by atoms with Gasteiger partial charge in [-0.25, -0.2) is 14.8 Å². The SMILES string of the molecule is N#Cc1nccnc1N1CCC(CNC(=O)NCCOc2ccccc2)CC1. The van der Waals surface area contributed by atoms with Crippen molar-refractivity contribution in [3.63, 3.8) is 0 Å². The number of para-hydroxylation sites is 1. The van der Waals surface area contributed by atoms with E-state index in [2.05, 4.69) is 31.6 Å². The first-order chi connectivity index (χ1) is 13.8. The van der Waals surface area contributed by atoms with Crippen LogP contribution in [0, 0.1) is 17.2 Å². The first-order valence-corrected chi connectivity index (χ1v) is 9.42. The molecular weight excluding hydrogens is 356 g/mol. The van der Waals surface area contributed by atoms with E-state index in [1.165, 1.54) is 6.20 Å². The number of hydrogen-bond acceptors (Lipinski definition) is 6. The summed E-state index contributed by atoms with van der Waals surface area (Å²) in [4.78, 5) is 22.4. The number of aromatic nitrogens is 2. The molecule has 0 bridgehead atoms. The molecule has 146 valence electrons. The van der Waals surface area contributed by atoms with Crippen LogP contribution in [0.4, 0.5) is 10.6 Å². The van der Waals surface area contributed by atoms with Crippen LogP contribution in [0.2, 0.25) is 0 Å². The number of amides is 2. The molecule has 1 aliphatic heterocycles. The molecule has 1 aromatic carbocycles. The van der Waals surface area contributed by atoms with Crippen molar-refractivity contribution in [3.05, 3.63) is 48.4 Å². The number of ether oxygens (including phenoxy) is 1. The molecule has 0 spiro atoms. The van der Waals surface area contributed by atoms with Crippen molar-refractivity contribution in [1.82, 2.24) is 20.6 Å². The van der Waals surface area contributed by atoms with Crippen molar-refractivity contribution in [2.24, 2.45) is 5.92 Å². The largest absolute Gasteiger partial charge is 0.492 e. The summed E-state index contributed by atoms with van der Waals surface area (Å²) >= 11 is 0. The number of nitrogens with one attached hydrogen (secondary N) is 2. The van der Waals surface area contributed by atoms with Gasteiger partial charge in [-0.15, -0.1) is 0 Å². The van der Waals surface area contributed by atoms with Gasteiger partial charge in [0.05, 0.1) is 6.54 Å². The Bertz CT molecular complexity index is 800. The lowest BCUT2D eigenvalue weighted by atomic mass is 9.97. The molecule has 1 saturated heterocycles. The molecule has 3 rings (SSSR count). The molecule has 0 radical (unpaired) electrons. The van der Waals surface area contributed by atoms with Crippen molar-refractivity contribution < 1.29 is 9.53 Å². The smallest absolute Gasteiger partial charge is 0.314 e. The molecule has 0 atom stereocenters. The molecule has 8 heteroatoms. The summed E-state index contributed by atoms with van der Waals surface area (Å²) in [5, 5.41) is 14.9. The average molecular weight is 380 g/mol. The Hall–Kier alpha value is -3.34. The molecular formula is C20H24N6O2. The second-order valence-electron chi connectivity index (χ2n) is 6.57. The van der Waals surface area contributed by atoms with Gasteiger partial charge < -0.3 is 20.3 Å². The fourth-order valence-corrected chi connectivity index (χ4v) is 3.14. The van der Waals surface area contributed by atoms with Gasteiger partial charge in [-0.05, 0) is 30.9 Å². The van der Waals surface area contributed by atoms with E-state index < -0.39 is 0 Å². The van der Waals surface area contributed by atoms with Gasteiger partial charge in [0.15, 0.2) is 11.5 Å². The second-order valence-corrected chi connectivity index (χ2v) is 6.57. The van der Waals surface area contributed by atoms with E-state index in [1.54, 1.807) is 6.20 Å². The summed E-state index contributed by atoms with van der Waals surface area (Å²) in [6.45, 7) is 3.10. The van der Waals surface area contributed by atoms with E-state index in [4.69, 9.17) is 10.00 Å². The number of nitrogens with zero attached hydrogens (tertiary/aromatic N) is 4. The normalized spacial score (nSPS) is 14.2. The maximum absolute atomic E-state index is 11.9. The Labute approximate surface area is 164 Å². The minimum Gasteiger partial charge on any atom is -0.492 e. The number of rotatable bonds is 7. The monoisotopic (exact) mass is 380 g/mol. The van der Waals surface area contributed by atoms with Gasteiger partial charge in [-0.1, -0.05) is 18.2 Å². The third kappa shape index (κ3) is 5.58. The van der Waals surface area contributed by atoms with Gasteiger partial charge in [-0.3, -0.25) is 0 Å². The number of urea groups is 1. The van der Waals surface area contributed by atoms with Crippen molar-refractivity contribution in [2.45, 2.75) is 12.8 Å². The molecule has 2 amide bonds. The van der Waals surface area contributed by atoms with Crippen LogP contribution in [0.3, 0.4) is 0 Å². The number of nitriles is 1. The van der Waals surface area contributed by atoms with Gasteiger partial charge in [0.25, 0.3) is 0 Å². The Balaban J connectivity index is 1.32. The third-order valence-electron chi connectivity index (χ3n) is 4.65. The van der Waals surface area contributed by atoms with Gasteiger partial charge in [0, 0.05) is 32.0 Å². The van der Waals surface area contributed by atoms with Gasteiger partial charge in [0.1, 0.15) is 18.4 Å². The Morgan fingerprint density at radius 3 is 2.68 bits per heavy atom. The number of carbonyl (C=O) groups is 1. The zero-order valence-electron chi connectivity index (χ0n) is 15.7. The van der Waals surface area contributed by atoms with Crippen molar-refractivity contribution >= 4 is 11.8 Å². The van der Waals surface area contributed by atoms with Crippen LogP contribution in [-0.2, 0) is 0 Å².